The molecule has 3 nitrogen and oxygen atoms in total. The lowest BCUT2D eigenvalue weighted by molar-refractivity contribution is 0.794. The molecule has 0 saturated heterocycles. The Labute approximate surface area is 70.7 Å². The van der Waals surface area contributed by atoms with Crippen LogP contribution in [0.3, 0.4) is 0 Å². The summed E-state index contributed by atoms with van der Waals surface area (Å²) in [6.07, 6.45) is 3.41. The predicted molar refractivity (Wildman–Crippen MR) is 44.4 cm³/mol. The third-order valence-electron chi connectivity index (χ3n) is 1.62. The number of rotatable bonds is 2. The van der Waals surface area contributed by atoms with Crippen LogP contribution < -0.4 is 0 Å². The van der Waals surface area contributed by atoms with Crippen LogP contribution in [0, 0.1) is 6.07 Å². The lowest BCUT2D eigenvalue weighted by Crippen LogP contribution is -1.95. The zero-order chi connectivity index (χ0) is 8.23. The molecule has 0 unspecified atom stereocenters. The molecule has 3 heteroatoms. The molecular weight excluding hydrogens is 150 g/mol. The van der Waals surface area contributed by atoms with Gasteiger partial charge in [-0.2, -0.15) is 0 Å². The van der Waals surface area contributed by atoms with Crippen LogP contribution in [0.4, 0.5) is 0 Å². The van der Waals surface area contributed by atoms with E-state index in [0.29, 0.717) is 0 Å². The van der Waals surface area contributed by atoms with Crippen LogP contribution in [0.2, 0.25) is 0 Å². The number of nitrogens with zero attached hydrogens (tertiary/aromatic N) is 3. The first-order valence-corrected chi connectivity index (χ1v) is 3.72. The van der Waals surface area contributed by atoms with Gasteiger partial charge in [-0.1, -0.05) is 24.3 Å². The summed E-state index contributed by atoms with van der Waals surface area (Å²) in [6, 6.07) is 10.8. The van der Waals surface area contributed by atoms with E-state index < -0.39 is 0 Å². The fourth-order valence-corrected chi connectivity index (χ4v) is 1.04. The Kier molecular flexibility index (Phi) is 1.86. The van der Waals surface area contributed by atoms with Crippen molar-refractivity contribution in [3.05, 3.63) is 48.5 Å². The lowest BCUT2D eigenvalue weighted by atomic mass is 10.2. The van der Waals surface area contributed by atoms with E-state index in [0.717, 1.165) is 6.54 Å². The fraction of sp³-hybridized carbons (Fsp3) is 0.111. The van der Waals surface area contributed by atoms with E-state index in [1.165, 1.54) is 5.56 Å². The zero-order valence-corrected chi connectivity index (χ0v) is 6.51. The smallest absolute Gasteiger partial charge is 0.119 e. The molecule has 0 amide bonds. The van der Waals surface area contributed by atoms with Gasteiger partial charge in [0.2, 0.25) is 0 Å². The maximum Gasteiger partial charge on any atom is 0.119 e. The van der Waals surface area contributed by atoms with Gasteiger partial charge in [-0.15, -0.1) is 10.2 Å². The molecule has 0 N–H and O–H groups in total. The Bertz CT molecular complexity index is 326. The normalized spacial score (nSPS) is 10.0. The molecule has 1 aromatic carbocycles. The molecular formula is C9H8N3. The molecule has 0 fully saturated rings. The van der Waals surface area contributed by atoms with Gasteiger partial charge in [-0.3, -0.25) is 0 Å². The van der Waals surface area contributed by atoms with Crippen LogP contribution in [0.15, 0.2) is 36.9 Å². The van der Waals surface area contributed by atoms with Crippen molar-refractivity contribution in [1.82, 2.24) is 14.8 Å². The molecule has 2 rings (SSSR count). The average molecular weight is 158 g/mol. The molecule has 0 aliphatic rings. The maximum absolute atomic E-state index is 3.72. The molecule has 1 radical (unpaired) electrons. The second-order valence-electron chi connectivity index (χ2n) is 2.54. The molecule has 1 heterocycles. The highest BCUT2D eigenvalue weighted by molar-refractivity contribution is 5.13. The summed E-state index contributed by atoms with van der Waals surface area (Å²) in [4.78, 5) is 0. The minimum atomic E-state index is 0.821. The summed E-state index contributed by atoms with van der Waals surface area (Å²) < 4.78 is 1.93. The molecule has 0 aliphatic heterocycles. The number of hydrogen-bond acceptors (Lipinski definition) is 2. The van der Waals surface area contributed by atoms with Crippen molar-refractivity contribution < 1.29 is 0 Å². The molecule has 0 aliphatic carbocycles. The summed E-state index contributed by atoms with van der Waals surface area (Å²) in [5.74, 6) is 0. The van der Waals surface area contributed by atoms with E-state index in [2.05, 4.69) is 16.3 Å². The van der Waals surface area contributed by atoms with Crippen LogP contribution in [-0.4, -0.2) is 14.8 Å². The van der Waals surface area contributed by atoms with Crippen molar-refractivity contribution >= 4 is 0 Å². The van der Waals surface area contributed by atoms with Crippen molar-refractivity contribution in [1.29, 1.82) is 0 Å². The molecule has 2 aromatic rings. The first-order valence-electron chi connectivity index (χ1n) is 3.72. The predicted octanol–water partition coefficient (Wildman–Crippen LogP) is 1.13. The summed E-state index contributed by atoms with van der Waals surface area (Å²) in [5, 5.41) is 7.45. The lowest BCUT2D eigenvalue weighted by Gasteiger charge is -1.99. The van der Waals surface area contributed by atoms with Gasteiger partial charge in [0.1, 0.15) is 12.7 Å². The number of benzene rings is 1. The molecule has 0 saturated carbocycles. The minimum Gasteiger partial charge on any atom is -0.316 e. The van der Waals surface area contributed by atoms with Crippen molar-refractivity contribution in [2.24, 2.45) is 0 Å². The third kappa shape index (κ3) is 1.50. The van der Waals surface area contributed by atoms with E-state index in [9.17, 15) is 0 Å². The van der Waals surface area contributed by atoms with Crippen LogP contribution in [0.25, 0.3) is 0 Å². The minimum absolute atomic E-state index is 0.821. The van der Waals surface area contributed by atoms with Gasteiger partial charge in [0.25, 0.3) is 0 Å². The van der Waals surface area contributed by atoms with Gasteiger partial charge in [0, 0.05) is 6.54 Å². The Morgan fingerprint density at radius 3 is 2.50 bits per heavy atom. The molecule has 1 aromatic heterocycles. The molecule has 0 atom stereocenters. The highest BCUT2D eigenvalue weighted by Gasteiger charge is 1.91. The fourth-order valence-electron chi connectivity index (χ4n) is 1.04. The molecule has 59 valence electrons. The summed E-state index contributed by atoms with van der Waals surface area (Å²) in [5.41, 5.74) is 1.23. The Balaban J connectivity index is 2.15. The highest BCUT2D eigenvalue weighted by Crippen LogP contribution is 1.99. The second-order valence-corrected chi connectivity index (χ2v) is 2.54. The Hall–Kier alpha value is -1.64. The topological polar surface area (TPSA) is 30.7 Å². The second kappa shape index (κ2) is 3.17. The van der Waals surface area contributed by atoms with E-state index in [-0.39, 0.29) is 0 Å². The molecule has 0 spiro atoms. The van der Waals surface area contributed by atoms with Crippen molar-refractivity contribution in [2.75, 3.05) is 0 Å². The third-order valence-corrected chi connectivity index (χ3v) is 1.62. The number of hydrogen-bond donors (Lipinski definition) is 0. The summed E-state index contributed by atoms with van der Waals surface area (Å²) >= 11 is 0. The van der Waals surface area contributed by atoms with E-state index in [1.54, 1.807) is 12.7 Å². The van der Waals surface area contributed by atoms with Crippen molar-refractivity contribution in [3.63, 3.8) is 0 Å². The van der Waals surface area contributed by atoms with Gasteiger partial charge < -0.3 is 4.57 Å². The maximum atomic E-state index is 3.72. The van der Waals surface area contributed by atoms with Crippen LogP contribution in [0.5, 0.6) is 0 Å². The van der Waals surface area contributed by atoms with Crippen molar-refractivity contribution in [2.45, 2.75) is 6.54 Å². The molecule has 12 heavy (non-hydrogen) atoms. The quantitative estimate of drug-likeness (QED) is 0.655. The standard InChI is InChI=1S/C9H8N3/c1-2-4-9(5-3-1)6-12-7-10-11-8-12/h2-5,7-8H,6H2. The summed E-state index contributed by atoms with van der Waals surface area (Å²) in [6.45, 7) is 0.821. The largest absolute Gasteiger partial charge is 0.316 e. The first-order chi connectivity index (χ1) is 5.95. The Morgan fingerprint density at radius 2 is 1.83 bits per heavy atom. The molecule has 0 bridgehead atoms. The van der Waals surface area contributed by atoms with Crippen LogP contribution >= 0.6 is 0 Å². The van der Waals surface area contributed by atoms with Crippen LogP contribution in [-0.2, 0) is 6.54 Å². The van der Waals surface area contributed by atoms with Gasteiger partial charge in [0.15, 0.2) is 0 Å². The Morgan fingerprint density at radius 1 is 1.17 bits per heavy atom. The van der Waals surface area contributed by atoms with Gasteiger partial charge in [-0.05, 0) is 11.6 Å². The van der Waals surface area contributed by atoms with Crippen molar-refractivity contribution in [3.8, 4) is 0 Å². The van der Waals surface area contributed by atoms with Crippen LogP contribution in [0.1, 0.15) is 5.56 Å². The van der Waals surface area contributed by atoms with E-state index in [4.69, 9.17) is 0 Å². The van der Waals surface area contributed by atoms with E-state index >= 15 is 0 Å². The van der Waals surface area contributed by atoms with Gasteiger partial charge >= 0.3 is 0 Å². The zero-order valence-electron chi connectivity index (χ0n) is 6.51. The first kappa shape index (κ1) is 7.03. The van der Waals surface area contributed by atoms with Gasteiger partial charge in [0.05, 0.1) is 0 Å². The van der Waals surface area contributed by atoms with Gasteiger partial charge in [-0.25, -0.2) is 0 Å². The summed E-state index contributed by atoms with van der Waals surface area (Å²) in [7, 11) is 0. The SMILES string of the molecule is [c]1ccc(Cn2cnnc2)cc1. The number of aromatic nitrogens is 3. The highest BCUT2D eigenvalue weighted by atomic mass is 15.2. The van der Waals surface area contributed by atoms with E-state index in [1.807, 2.05) is 28.8 Å². The average Bonchev–Trinajstić information content (AvgIpc) is 2.59. The monoisotopic (exact) mass is 158 g/mol.